The molecule has 0 aliphatic carbocycles. The number of aromatic nitrogens is 4. The van der Waals surface area contributed by atoms with Crippen molar-refractivity contribution in [3.8, 4) is 11.3 Å². The summed E-state index contributed by atoms with van der Waals surface area (Å²) in [4.78, 5) is 19.6. The fourth-order valence-electron chi connectivity index (χ4n) is 4.40. The van der Waals surface area contributed by atoms with Crippen molar-refractivity contribution in [2.75, 3.05) is 27.3 Å². The van der Waals surface area contributed by atoms with Crippen LogP contribution in [-0.4, -0.2) is 57.4 Å². The summed E-state index contributed by atoms with van der Waals surface area (Å²) in [6, 6.07) is 22.0. The number of fused-ring (bicyclic) bond motifs is 1. The molecular formula is C29H28ClN5O2. The second-order valence-corrected chi connectivity index (χ2v) is 9.41. The standard InChI is InChI=1S/C29H28ClN5O2/c1-33(14-15-37-2)29(36)27-19-35(32-28(27)26-9-5-7-22-6-3-4-8-25(22)26)18-24-16-31-20-34(24)17-21-10-12-23(30)13-11-21/h3-13,16,19-20H,14-15,17-18H2,1-2H3. The van der Waals surface area contributed by atoms with E-state index in [-0.39, 0.29) is 5.91 Å². The Hall–Kier alpha value is -3.94. The zero-order valence-corrected chi connectivity index (χ0v) is 21.6. The van der Waals surface area contributed by atoms with Crippen molar-refractivity contribution in [3.05, 3.63) is 107 Å². The van der Waals surface area contributed by atoms with Crippen LogP contribution in [0.3, 0.4) is 0 Å². The molecule has 7 nitrogen and oxygen atoms in total. The molecule has 0 saturated heterocycles. The Labute approximate surface area is 220 Å². The SMILES string of the molecule is COCCN(C)C(=O)c1cn(Cc2cncn2Cc2ccc(Cl)cc2)nc1-c1cccc2ccccc12. The Morgan fingerprint density at radius 2 is 1.81 bits per heavy atom. The van der Waals surface area contributed by atoms with Crippen LogP contribution in [0.5, 0.6) is 0 Å². The number of halogens is 1. The van der Waals surface area contributed by atoms with Gasteiger partial charge < -0.3 is 14.2 Å². The van der Waals surface area contributed by atoms with Gasteiger partial charge in [-0.1, -0.05) is 66.2 Å². The average Bonchev–Trinajstić information content (AvgIpc) is 3.54. The van der Waals surface area contributed by atoms with Crippen LogP contribution < -0.4 is 0 Å². The first-order chi connectivity index (χ1) is 18.0. The van der Waals surface area contributed by atoms with Crippen molar-refractivity contribution < 1.29 is 9.53 Å². The molecule has 0 fully saturated rings. The normalized spacial score (nSPS) is 11.2. The molecule has 0 aliphatic rings. The highest BCUT2D eigenvalue weighted by atomic mass is 35.5. The van der Waals surface area contributed by atoms with Crippen LogP contribution in [0.1, 0.15) is 21.6 Å². The molecule has 0 saturated carbocycles. The van der Waals surface area contributed by atoms with E-state index in [0.29, 0.717) is 42.5 Å². The third-order valence-electron chi connectivity index (χ3n) is 6.40. The van der Waals surface area contributed by atoms with Crippen LogP contribution in [0, 0.1) is 0 Å². The number of nitrogens with zero attached hydrogens (tertiary/aromatic N) is 5. The molecule has 2 heterocycles. The van der Waals surface area contributed by atoms with Crippen LogP contribution in [-0.2, 0) is 17.8 Å². The van der Waals surface area contributed by atoms with Gasteiger partial charge >= 0.3 is 0 Å². The summed E-state index contributed by atoms with van der Waals surface area (Å²) in [7, 11) is 3.41. The smallest absolute Gasteiger partial charge is 0.257 e. The molecule has 0 aliphatic heterocycles. The molecule has 188 valence electrons. The third-order valence-corrected chi connectivity index (χ3v) is 6.66. The van der Waals surface area contributed by atoms with Crippen LogP contribution in [0.15, 0.2) is 85.5 Å². The second-order valence-electron chi connectivity index (χ2n) is 8.97. The predicted molar refractivity (Wildman–Crippen MR) is 146 cm³/mol. The van der Waals surface area contributed by atoms with E-state index in [1.165, 1.54) is 0 Å². The van der Waals surface area contributed by atoms with Gasteiger partial charge in [0, 0.05) is 44.0 Å². The molecular weight excluding hydrogens is 486 g/mol. The Morgan fingerprint density at radius 3 is 2.62 bits per heavy atom. The van der Waals surface area contributed by atoms with Crippen molar-refractivity contribution in [1.82, 2.24) is 24.2 Å². The molecule has 37 heavy (non-hydrogen) atoms. The highest BCUT2D eigenvalue weighted by Gasteiger charge is 2.22. The van der Waals surface area contributed by atoms with E-state index in [9.17, 15) is 4.79 Å². The van der Waals surface area contributed by atoms with Gasteiger partial charge in [-0.05, 0) is 28.5 Å². The van der Waals surface area contributed by atoms with Gasteiger partial charge in [0.2, 0.25) is 0 Å². The largest absolute Gasteiger partial charge is 0.383 e. The number of ether oxygens (including phenoxy) is 1. The lowest BCUT2D eigenvalue weighted by molar-refractivity contribution is 0.0745. The molecule has 5 rings (SSSR count). The number of imidazole rings is 1. The molecule has 0 unspecified atom stereocenters. The number of methoxy groups -OCH3 is 1. The maximum atomic E-state index is 13.5. The molecule has 0 bridgehead atoms. The highest BCUT2D eigenvalue weighted by Crippen LogP contribution is 2.31. The monoisotopic (exact) mass is 513 g/mol. The lowest BCUT2D eigenvalue weighted by atomic mass is 10.00. The number of hydrogen-bond donors (Lipinski definition) is 0. The number of likely N-dealkylation sites (N-methyl/N-ethyl adjacent to an activating group) is 1. The molecule has 0 radical (unpaired) electrons. The summed E-state index contributed by atoms with van der Waals surface area (Å²) in [5.41, 5.74) is 4.24. The van der Waals surface area contributed by atoms with Gasteiger partial charge in [0.05, 0.1) is 36.9 Å². The lowest BCUT2D eigenvalue weighted by Crippen LogP contribution is -2.30. The number of carbonyl (C=O) groups is 1. The third kappa shape index (κ3) is 5.43. The molecule has 0 atom stereocenters. The number of carbonyl (C=O) groups excluding carboxylic acids is 1. The van der Waals surface area contributed by atoms with E-state index in [1.807, 2.05) is 71.9 Å². The Morgan fingerprint density at radius 1 is 1.03 bits per heavy atom. The number of hydrogen-bond acceptors (Lipinski definition) is 4. The first-order valence-electron chi connectivity index (χ1n) is 12.1. The van der Waals surface area contributed by atoms with Gasteiger partial charge in [-0.15, -0.1) is 0 Å². The van der Waals surface area contributed by atoms with Gasteiger partial charge in [0.15, 0.2) is 0 Å². The minimum absolute atomic E-state index is 0.0964. The summed E-state index contributed by atoms with van der Waals surface area (Å²) in [5, 5.41) is 7.79. The zero-order valence-electron chi connectivity index (χ0n) is 20.8. The van der Waals surface area contributed by atoms with Crippen LogP contribution in [0.4, 0.5) is 0 Å². The van der Waals surface area contributed by atoms with E-state index in [4.69, 9.17) is 21.4 Å². The minimum atomic E-state index is -0.0964. The van der Waals surface area contributed by atoms with E-state index >= 15 is 0 Å². The van der Waals surface area contributed by atoms with Crippen LogP contribution in [0.2, 0.25) is 5.02 Å². The van der Waals surface area contributed by atoms with Crippen molar-refractivity contribution in [2.45, 2.75) is 13.1 Å². The van der Waals surface area contributed by atoms with Gasteiger partial charge in [-0.25, -0.2) is 4.98 Å². The van der Waals surface area contributed by atoms with Crippen molar-refractivity contribution in [1.29, 1.82) is 0 Å². The maximum absolute atomic E-state index is 13.5. The number of rotatable bonds is 9. The van der Waals surface area contributed by atoms with Crippen LogP contribution >= 0.6 is 11.6 Å². The topological polar surface area (TPSA) is 65.2 Å². The van der Waals surface area contributed by atoms with Crippen molar-refractivity contribution in [2.24, 2.45) is 0 Å². The van der Waals surface area contributed by atoms with E-state index in [2.05, 4.69) is 27.8 Å². The Balaban J connectivity index is 1.51. The molecule has 2 aromatic heterocycles. The fourth-order valence-corrected chi connectivity index (χ4v) is 4.53. The van der Waals surface area contributed by atoms with E-state index in [1.54, 1.807) is 19.1 Å². The Kier molecular flexibility index (Phi) is 7.35. The second kappa shape index (κ2) is 11.0. The number of amides is 1. The molecule has 3 aromatic carbocycles. The van der Waals surface area contributed by atoms with Crippen molar-refractivity contribution in [3.63, 3.8) is 0 Å². The summed E-state index contributed by atoms with van der Waals surface area (Å²) >= 11 is 6.04. The minimum Gasteiger partial charge on any atom is -0.383 e. The summed E-state index contributed by atoms with van der Waals surface area (Å²) < 4.78 is 9.08. The number of benzene rings is 3. The van der Waals surface area contributed by atoms with Gasteiger partial charge in [0.25, 0.3) is 5.91 Å². The fraction of sp³-hybridized carbons (Fsp3) is 0.207. The van der Waals surface area contributed by atoms with Gasteiger partial charge in [0.1, 0.15) is 5.69 Å². The van der Waals surface area contributed by atoms with E-state index in [0.717, 1.165) is 27.6 Å². The molecule has 1 amide bonds. The summed E-state index contributed by atoms with van der Waals surface area (Å²) in [5.74, 6) is -0.0964. The molecule has 8 heteroatoms. The van der Waals surface area contributed by atoms with Gasteiger partial charge in [-0.2, -0.15) is 5.10 Å². The molecule has 0 N–H and O–H groups in total. The summed E-state index contributed by atoms with van der Waals surface area (Å²) in [6.07, 6.45) is 5.48. The highest BCUT2D eigenvalue weighted by molar-refractivity contribution is 6.30. The first-order valence-corrected chi connectivity index (χ1v) is 12.4. The van der Waals surface area contributed by atoms with Crippen LogP contribution in [0.25, 0.3) is 22.0 Å². The van der Waals surface area contributed by atoms with Crippen molar-refractivity contribution >= 4 is 28.3 Å². The molecule has 5 aromatic rings. The molecule has 0 spiro atoms. The lowest BCUT2D eigenvalue weighted by Gasteiger charge is -2.16. The van der Waals surface area contributed by atoms with Gasteiger partial charge in [-0.3, -0.25) is 9.48 Å². The summed E-state index contributed by atoms with van der Waals surface area (Å²) in [6.45, 7) is 2.09. The maximum Gasteiger partial charge on any atom is 0.257 e. The first kappa shape index (κ1) is 24.7. The Bertz CT molecular complexity index is 1520. The average molecular weight is 514 g/mol. The van der Waals surface area contributed by atoms with E-state index < -0.39 is 0 Å². The zero-order chi connectivity index (χ0) is 25.8. The predicted octanol–water partition coefficient (Wildman–Crippen LogP) is 5.37. The quantitative estimate of drug-likeness (QED) is 0.266.